The first kappa shape index (κ1) is 23.0. The predicted molar refractivity (Wildman–Crippen MR) is 119 cm³/mol. The summed E-state index contributed by atoms with van der Waals surface area (Å²) in [6.07, 6.45) is 0.800. The first-order chi connectivity index (χ1) is 13.6. The van der Waals surface area contributed by atoms with E-state index < -0.39 is 6.04 Å². The summed E-state index contributed by atoms with van der Waals surface area (Å²) in [6.45, 7) is 10.1. The smallest absolute Gasteiger partial charge is 0.243 e. The maximum atomic E-state index is 13.3. The second-order valence-corrected chi connectivity index (χ2v) is 8.85. The van der Waals surface area contributed by atoms with E-state index >= 15 is 0 Å². The average Bonchev–Trinajstić information content (AvgIpc) is 2.63. The van der Waals surface area contributed by atoms with Crippen LogP contribution < -0.4 is 5.32 Å². The Bertz CT molecular complexity index is 841. The molecule has 0 fully saturated rings. The SMILES string of the molecule is CCC(C(=O)NC(C)(C)C)N(Cc1ccc(Cl)cc1)C(=O)Cc1ccccc1C. The molecule has 2 aromatic carbocycles. The number of carbonyl (C=O) groups is 2. The first-order valence-corrected chi connectivity index (χ1v) is 10.4. The minimum Gasteiger partial charge on any atom is -0.350 e. The highest BCUT2D eigenvalue weighted by Crippen LogP contribution is 2.18. The molecule has 2 aromatic rings. The van der Waals surface area contributed by atoms with E-state index in [-0.39, 0.29) is 23.8 Å². The van der Waals surface area contributed by atoms with Gasteiger partial charge in [0, 0.05) is 17.1 Å². The van der Waals surface area contributed by atoms with Crippen LogP contribution in [0.25, 0.3) is 0 Å². The van der Waals surface area contributed by atoms with Crippen LogP contribution in [0.15, 0.2) is 48.5 Å². The van der Waals surface area contributed by atoms with E-state index in [2.05, 4.69) is 5.32 Å². The molecule has 0 saturated heterocycles. The maximum absolute atomic E-state index is 13.3. The van der Waals surface area contributed by atoms with Crippen molar-refractivity contribution < 1.29 is 9.59 Å². The Morgan fingerprint density at radius 3 is 2.24 bits per heavy atom. The van der Waals surface area contributed by atoms with Crippen LogP contribution in [0.2, 0.25) is 5.02 Å². The van der Waals surface area contributed by atoms with Crippen LogP contribution >= 0.6 is 11.6 Å². The molecule has 1 N–H and O–H groups in total. The molecule has 1 atom stereocenters. The summed E-state index contributed by atoms with van der Waals surface area (Å²) >= 11 is 6.00. The molecular weight excluding hydrogens is 384 g/mol. The van der Waals surface area contributed by atoms with Gasteiger partial charge in [-0.3, -0.25) is 9.59 Å². The Hall–Kier alpha value is -2.33. The third-order valence-electron chi connectivity index (χ3n) is 4.75. The Morgan fingerprint density at radius 2 is 1.69 bits per heavy atom. The number of nitrogens with one attached hydrogen (secondary N) is 1. The second-order valence-electron chi connectivity index (χ2n) is 8.41. The highest BCUT2D eigenvalue weighted by atomic mass is 35.5. The molecular formula is C24H31ClN2O2. The fourth-order valence-electron chi connectivity index (χ4n) is 3.23. The van der Waals surface area contributed by atoms with Crippen molar-refractivity contribution in [3.05, 3.63) is 70.2 Å². The van der Waals surface area contributed by atoms with E-state index in [1.807, 2.05) is 71.0 Å². The summed E-state index contributed by atoms with van der Waals surface area (Å²) in [5, 5.41) is 3.66. The van der Waals surface area contributed by atoms with Crippen LogP contribution in [-0.2, 0) is 22.6 Å². The third-order valence-corrected chi connectivity index (χ3v) is 5.01. The van der Waals surface area contributed by atoms with Crippen LogP contribution in [0.4, 0.5) is 0 Å². The Kier molecular flexibility index (Phi) is 7.86. The van der Waals surface area contributed by atoms with Gasteiger partial charge >= 0.3 is 0 Å². The molecule has 5 heteroatoms. The Labute approximate surface area is 179 Å². The number of amides is 2. The van der Waals surface area contributed by atoms with Crippen molar-refractivity contribution in [1.29, 1.82) is 0 Å². The number of aryl methyl sites for hydroxylation is 1. The van der Waals surface area contributed by atoms with Gasteiger partial charge in [0.15, 0.2) is 0 Å². The molecule has 0 aliphatic rings. The number of hydrogen-bond acceptors (Lipinski definition) is 2. The molecule has 2 amide bonds. The van der Waals surface area contributed by atoms with Crippen molar-refractivity contribution in [2.75, 3.05) is 0 Å². The number of nitrogens with zero attached hydrogens (tertiary/aromatic N) is 1. The van der Waals surface area contributed by atoms with E-state index in [1.54, 1.807) is 17.0 Å². The van der Waals surface area contributed by atoms with Gasteiger partial charge in [0.25, 0.3) is 0 Å². The number of carbonyl (C=O) groups excluding carboxylic acids is 2. The van der Waals surface area contributed by atoms with Gasteiger partial charge in [0.1, 0.15) is 6.04 Å². The fraction of sp³-hybridized carbons (Fsp3) is 0.417. The van der Waals surface area contributed by atoms with Gasteiger partial charge < -0.3 is 10.2 Å². The molecule has 0 aliphatic heterocycles. The summed E-state index contributed by atoms with van der Waals surface area (Å²) < 4.78 is 0. The zero-order valence-electron chi connectivity index (χ0n) is 18.0. The van der Waals surface area contributed by atoms with Crippen LogP contribution in [0, 0.1) is 6.92 Å². The molecule has 0 spiro atoms. The normalized spacial score (nSPS) is 12.3. The molecule has 29 heavy (non-hydrogen) atoms. The van der Waals surface area contributed by atoms with E-state index in [0.717, 1.165) is 16.7 Å². The molecule has 156 valence electrons. The summed E-state index contributed by atoms with van der Waals surface area (Å²) in [7, 11) is 0. The van der Waals surface area contributed by atoms with Gasteiger partial charge in [-0.25, -0.2) is 0 Å². The average molecular weight is 415 g/mol. The minimum absolute atomic E-state index is 0.0647. The lowest BCUT2D eigenvalue weighted by Crippen LogP contribution is -2.53. The summed E-state index contributed by atoms with van der Waals surface area (Å²) in [5.41, 5.74) is 2.62. The topological polar surface area (TPSA) is 49.4 Å². The number of rotatable bonds is 7. The summed E-state index contributed by atoms with van der Waals surface area (Å²) in [5.74, 6) is -0.197. The lowest BCUT2D eigenvalue weighted by molar-refractivity contribution is -0.141. The third kappa shape index (κ3) is 6.90. The Balaban J connectivity index is 2.32. The van der Waals surface area contributed by atoms with Crippen molar-refractivity contribution in [2.24, 2.45) is 0 Å². The first-order valence-electron chi connectivity index (χ1n) is 10.0. The monoisotopic (exact) mass is 414 g/mol. The van der Waals surface area contributed by atoms with Crippen molar-refractivity contribution in [3.8, 4) is 0 Å². The molecule has 2 rings (SSSR count). The standard InChI is InChI=1S/C24H31ClN2O2/c1-6-21(23(29)26-24(3,4)5)27(16-18-11-13-20(25)14-12-18)22(28)15-19-10-8-7-9-17(19)2/h7-14,21H,6,15-16H2,1-5H3,(H,26,29). The minimum atomic E-state index is -0.540. The Morgan fingerprint density at radius 1 is 1.07 bits per heavy atom. The fourth-order valence-corrected chi connectivity index (χ4v) is 3.36. The number of benzene rings is 2. The van der Waals surface area contributed by atoms with Crippen molar-refractivity contribution in [3.63, 3.8) is 0 Å². The molecule has 0 heterocycles. The van der Waals surface area contributed by atoms with Crippen LogP contribution in [-0.4, -0.2) is 28.3 Å². The van der Waals surface area contributed by atoms with Crippen molar-refractivity contribution in [1.82, 2.24) is 10.2 Å². The zero-order chi connectivity index (χ0) is 21.6. The number of hydrogen-bond donors (Lipinski definition) is 1. The van der Waals surface area contributed by atoms with E-state index in [0.29, 0.717) is 18.0 Å². The van der Waals surface area contributed by atoms with Crippen LogP contribution in [0.1, 0.15) is 50.8 Å². The highest BCUT2D eigenvalue weighted by Gasteiger charge is 2.30. The quantitative estimate of drug-likeness (QED) is 0.699. The van der Waals surface area contributed by atoms with Gasteiger partial charge in [-0.15, -0.1) is 0 Å². The highest BCUT2D eigenvalue weighted by molar-refractivity contribution is 6.30. The molecule has 1 unspecified atom stereocenters. The van der Waals surface area contributed by atoms with E-state index in [1.165, 1.54) is 0 Å². The molecule has 0 bridgehead atoms. The maximum Gasteiger partial charge on any atom is 0.243 e. The lowest BCUT2D eigenvalue weighted by atomic mass is 10.0. The van der Waals surface area contributed by atoms with Crippen LogP contribution in [0.5, 0.6) is 0 Å². The van der Waals surface area contributed by atoms with E-state index in [4.69, 9.17) is 11.6 Å². The predicted octanol–water partition coefficient (Wildman–Crippen LogP) is 4.91. The van der Waals surface area contributed by atoms with E-state index in [9.17, 15) is 9.59 Å². The van der Waals surface area contributed by atoms with Crippen LogP contribution in [0.3, 0.4) is 0 Å². The van der Waals surface area contributed by atoms with Crippen molar-refractivity contribution in [2.45, 2.75) is 65.6 Å². The lowest BCUT2D eigenvalue weighted by Gasteiger charge is -2.33. The second kappa shape index (κ2) is 9.93. The van der Waals surface area contributed by atoms with Crippen molar-refractivity contribution >= 4 is 23.4 Å². The molecule has 0 aromatic heterocycles. The van der Waals surface area contributed by atoms with Gasteiger partial charge in [0.05, 0.1) is 6.42 Å². The molecule has 0 radical (unpaired) electrons. The van der Waals surface area contributed by atoms with Gasteiger partial charge in [-0.05, 0) is 62.9 Å². The van der Waals surface area contributed by atoms with Gasteiger partial charge in [-0.1, -0.05) is 54.9 Å². The molecule has 0 saturated carbocycles. The van der Waals surface area contributed by atoms with Gasteiger partial charge in [0.2, 0.25) is 11.8 Å². The largest absolute Gasteiger partial charge is 0.350 e. The summed E-state index contributed by atoms with van der Waals surface area (Å²) in [6, 6.07) is 14.7. The molecule has 0 aliphatic carbocycles. The molecule has 4 nitrogen and oxygen atoms in total. The van der Waals surface area contributed by atoms with Gasteiger partial charge in [-0.2, -0.15) is 0 Å². The summed E-state index contributed by atoms with van der Waals surface area (Å²) in [4.78, 5) is 28.0. The number of halogens is 1. The zero-order valence-corrected chi connectivity index (χ0v) is 18.7.